The lowest BCUT2D eigenvalue weighted by Crippen LogP contribution is -2.54. The Labute approximate surface area is 205 Å². The Kier molecular flexibility index (Phi) is 12.3. The Morgan fingerprint density at radius 3 is 1.91 bits per heavy atom. The van der Waals surface area contributed by atoms with Crippen molar-refractivity contribution >= 4 is 23.9 Å². The van der Waals surface area contributed by atoms with Gasteiger partial charge in [0, 0.05) is 32.7 Å². The molecule has 0 bridgehead atoms. The first kappa shape index (κ1) is 28.9. The molecule has 0 saturated carbocycles. The number of hydrogen-bond acceptors (Lipinski definition) is 9. The lowest BCUT2D eigenvalue weighted by atomic mass is 10.1. The summed E-state index contributed by atoms with van der Waals surface area (Å²) in [7, 11) is 0. The Hall–Kier alpha value is -2.32. The smallest absolute Gasteiger partial charge is 0.324 e. The molecule has 0 aromatic carbocycles. The number of carbonyl (C=O) groups is 4. The number of nitrogens with zero attached hydrogens (tertiary/aromatic N) is 2. The molecule has 3 unspecified atom stereocenters. The molecule has 6 amide bonds. The molecular formula is C22H39N5O8. The summed E-state index contributed by atoms with van der Waals surface area (Å²) in [5, 5.41) is 13.7. The third kappa shape index (κ3) is 9.68. The first-order valence-electron chi connectivity index (χ1n) is 12.1. The molecule has 2 rings (SSSR count). The molecule has 0 radical (unpaired) electrons. The van der Waals surface area contributed by atoms with E-state index >= 15 is 0 Å². The predicted octanol–water partition coefficient (Wildman–Crippen LogP) is -1.12. The Morgan fingerprint density at radius 2 is 1.40 bits per heavy atom. The van der Waals surface area contributed by atoms with Crippen molar-refractivity contribution in [3.05, 3.63) is 0 Å². The fourth-order valence-electron chi connectivity index (χ4n) is 3.79. The van der Waals surface area contributed by atoms with E-state index in [9.17, 15) is 19.2 Å². The van der Waals surface area contributed by atoms with Crippen LogP contribution in [-0.2, 0) is 23.8 Å². The molecule has 2 fully saturated rings. The maximum absolute atomic E-state index is 12.0. The highest BCUT2D eigenvalue weighted by atomic mass is 16.6. The zero-order chi connectivity index (χ0) is 25.8. The van der Waals surface area contributed by atoms with Gasteiger partial charge in [0.05, 0.1) is 57.1 Å². The summed E-state index contributed by atoms with van der Waals surface area (Å²) in [6, 6.07) is -0.816. The summed E-state index contributed by atoms with van der Waals surface area (Å²) in [6.07, 6.45) is 0.421. The molecule has 5 N–H and O–H groups in total. The van der Waals surface area contributed by atoms with Crippen molar-refractivity contribution in [2.75, 3.05) is 65.8 Å². The van der Waals surface area contributed by atoms with Crippen LogP contribution < -0.4 is 16.4 Å². The van der Waals surface area contributed by atoms with Crippen molar-refractivity contribution < 1.29 is 38.5 Å². The Bertz CT molecular complexity index is 724. The average Bonchev–Trinajstić information content (AvgIpc) is 2.82. The first-order valence-corrected chi connectivity index (χ1v) is 12.1. The summed E-state index contributed by atoms with van der Waals surface area (Å²) in [5.41, 5.74) is 5.79. The lowest BCUT2D eigenvalue weighted by Gasteiger charge is -2.31. The van der Waals surface area contributed by atoms with Gasteiger partial charge in [-0.3, -0.25) is 20.2 Å². The van der Waals surface area contributed by atoms with E-state index < -0.39 is 12.1 Å². The molecule has 35 heavy (non-hydrogen) atoms. The summed E-state index contributed by atoms with van der Waals surface area (Å²) in [4.78, 5) is 50.2. The molecule has 2 heterocycles. The van der Waals surface area contributed by atoms with Gasteiger partial charge in [-0.15, -0.1) is 0 Å². The summed E-state index contributed by atoms with van der Waals surface area (Å²) in [6.45, 7) is 6.20. The van der Waals surface area contributed by atoms with E-state index in [2.05, 4.69) is 10.6 Å². The second-order valence-electron chi connectivity index (χ2n) is 8.88. The Morgan fingerprint density at radius 1 is 0.886 bits per heavy atom. The summed E-state index contributed by atoms with van der Waals surface area (Å²) < 4.78 is 17.1. The monoisotopic (exact) mass is 501 g/mol. The number of carbonyl (C=O) groups excluding carboxylic acids is 4. The molecule has 0 spiro atoms. The van der Waals surface area contributed by atoms with Crippen molar-refractivity contribution in [1.82, 2.24) is 20.4 Å². The van der Waals surface area contributed by atoms with Crippen LogP contribution in [0.5, 0.6) is 0 Å². The van der Waals surface area contributed by atoms with Crippen LogP contribution in [0.2, 0.25) is 0 Å². The highest BCUT2D eigenvalue weighted by Crippen LogP contribution is 2.11. The number of aliphatic hydroxyl groups is 1. The molecule has 0 aliphatic carbocycles. The molecule has 0 aromatic heterocycles. The van der Waals surface area contributed by atoms with E-state index in [-0.39, 0.29) is 62.2 Å². The minimum absolute atomic E-state index is 0.129. The molecule has 0 aromatic rings. The van der Waals surface area contributed by atoms with Crippen molar-refractivity contribution in [3.8, 4) is 0 Å². The average molecular weight is 502 g/mol. The van der Waals surface area contributed by atoms with E-state index in [4.69, 9.17) is 25.1 Å². The van der Waals surface area contributed by atoms with Crippen LogP contribution in [0.3, 0.4) is 0 Å². The number of nitrogens with one attached hydrogen (secondary N) is 2. The zero-order valence-electron chi connectivity index (χ0n) is 20.6. The predicted molar refractivity (Wildman–Crippen MR) is 124 cm³/mol. The van der Waals surface area contributed by atoms with Crippen molar-refractivity contribution in [2.24, 2.45) is 17.6 Å². The van der Waals surface area contributed by atoms with E-state index in [1.807, 2.05) is 0 Å². The number of ether oxygens (including phenoxy) is 3. The molecule has 2 saturated heterocycles. The van der Waals surface area contributed by atoms with Gasteiger partial charge >= 0.3 is 12.1 Å². The van der Waals surface area contributed by atoms with E-state index in [1.54, 1.807) is 23.6 Å². The number of amides is 6. The number of urea groups is 2. The van der Waals surface area contributed by atoms with Crippen LogP contribution in [0.1, 0.15) is 26.7 Å². The number of aliphatic hydroxyl groups excluding tert-OH is 1. The normalized spacial score (nSPS) is 22.7. The van der Waals surface area contributed by atoms with Gasteiger partial charge < -0.3 is 34.9 Å². The third-order valence-corrected chi connectivity index (χ3v) is 5.95. The van der Waals surface area contributed by atoms with Crippen molar-refractivity contribution in [2.45, 2.75) is 38.9 Å². The van der Waals surface area contributed by atoms with Crippen LogP contribution in [0.15, 0.2) is 0 Å². The minimum Gasteiger partial charge on any atom is -0.394 e. The molecule has 2 aliphatic rings. The van der Waals surface area contributed by atoms with Crippen molar-refractivity contribution in [3.63, 3.8) is 0 Å². The quantitative estimate of drug-likeness (QED) is 0.191. The summed E-state index contributed by atoms with van der Waals surface area (Å²) in [5.74, 6) is -1.07. The SMILES string of the molecule is CC1CN(CCC(CN)OCCOC[C@H](CCN2CC(C)C(=O)NC2=O)OCCO)C(=O)NC1=O. The second-order valence-corrected chi connectivity index (χ2v) is 8.88. The first-order chi connectivity index (χ1) is 16.7. The molecule has 2 aliphatic heterocycles. The topological polar surface area (TPSA) is 173 Å². The van der Waals surface area contributed by atoms with E-state index in [1.165, 1.54) is 0 Å². The van der Waals surface area contributed by atoms with Gasteiger partial charge in [-0.25, -0.2) is 9.59 Å². The largest absolute Gasteiger partial charge is 0.394 e. The lowest BCUT2D eigenvalue weighted by molar-refractivity contribution is -0.126. The molecule has 13 nitrogen and oxygen atoms in total. The molecule has 13 heteroatoms. The van der Waals surface area contributed by atoms with Crippen LogP contribution in [0, 0.1) is 11.8 Å². The number of imide groups is 2. The van der Waals surface area contributed by atoms with Gasteiger partial charge in [0.2, 0.25) is 11.8 Å². The van der Waals surface area contributed by atoms with Gasteiger partial charge in [0.1, 0.15) is 0 Å². The zero-order valence-corrected chi connectivity index (χ0v) is 20.6. The standard InChI is InChI=1S/C22H39N5O8/c1-15-12-26(21(31)24-19(15)29)5-3-17(11-23)35-10-9-33-14-18(34-8-7-28)4-6-27-13-16(2)20(30)25-22(27)32/h15-18,28H,3-14,23H2,1-2H3,(H,24,29,31)(H,25,30,32)/t15?,16?,17?,18-/m0/s1. The molecule has 200 valence electrons. The van der Waals surface area contributed by atoms with E-state index in [0.717, 1.165) is 0 Å². The minimum atomic E-state index is -0.417. The number of rotatable bonds is 16. The fraction of sp³-hybridized carbons (Fsp3) is 0.818. The maximum atomic E-state index is 12.0. The number of nitrogens with two attached hydrogens (primary N) is 1. The van der Waals surface area contributed by atoms with Crippen LogP contribution in [0.4, 0.5) is 9.59 Å². The van der Waals surface area contributed by atoms with Gasteiger partial charge in [0.15, 0.2) is 0 Å². The van der Waals surface area contributed by atoms with E-state index in [0.29, 0.717) is 52.2 Å². The molecular weight excluding hydrogens is 462 g/mol. The number of hydrogen-bond donors (Lipinski definition) is 4. The van der Waals surface area contributed by atoms with Crippen LogP contribution >= 0.6 is 0 Å². The van der Waals surface area contributed by atoms with Crippen LogP contribution in [-0.4, -0.2) is 117 Å². The Balaban J connectivity index is 1.66. The highest BCUT2D eigenvalue weighted by molar-refractivity contribution is 5.98. The van der Waals surface area contributed by atoms with Crippen molar-refractivity contribution in [1.29, 1.82) is 0 Å². The van der Waals surface area contributed by atoms with Crippen LogP contribution in [0.25, 0.3) is 0 Å². The second kappa shape index (κ2) is 14.9. The van der Waals surface area contributed by atoms with Gasteiger partial charge in [-0.2, -0.15) is 0 Å². The van der Waals surface area contributed by atoms with Gasteiger partial charge in [0.25, 0.3) is 0 Å². The fourth-order valence-corrected chi connectivity index (χ4v) is 3.79. The third-order valence-electron chi connectivity index (χ3n) is 5.95. The molecule has 4 atom stereocenters. The van der Waals surface area contributed by atoms with Gasteiger partial charge in [-0.05, 0) is 12.8 Å². The summed E-state index contributed by atoms with van der Waals surface area (Å²) >= 11 is 0. The van der Waals surface area contributed by atoms with Gasteiger partial charge in [-0.1, -0.05) is 13.8 Å². The highest BCUT2D eigenvalue weighted by Gasteiger charge is 2.30. The maximum Gasteiger partial charge on any atom is 0.324 e.